The minimum Gasteiger partial charge on any atom is -0.496 e. The van der Waals surface area contributed by atoms with Crippen molar-refractivity contribution in [1.82, 2.24) is 14.3 Å². The number of sulfonamides is 1. The monoisotopic (exact) mass is 488 g/mol. The van der Waals surface area contributed by atoms with E-state index in [1.54, 1.807) is 24.4 Å². The standard InChI is InChI=1S/C21H27F3N4O4S/c1-31-20-8-4-7-19-18(20)12-27(33(29,30)21(22,23)24)11-16(13-32-17-5-2-3-6-17)28(19)10-15-9-25-14-26-15/h4,7-9,14,16-17H,2-3,5-6,10-13H2,1H3,(H,25,26)/t16-/m0/s1. The van der Waals surface area contributed by atoms with Gasteiger partial charge in [-0.1, -0.05) is 18.9 Å². The lowest BCUT2D eigenvalue weighted by atomic mass is 10.1. The number of anilines is 1. The number of ether oxygens (including phenoxy) is 2. The van der Waals surface area contributed by atoms with Crippen molar-refractivity contribution in [1.29, 1.82) is 0 Å². The Labute approximate surface area is 190 Å². The lowest BCUT2D eigenvalue weighted by molar-refractivity contribution is -0.0495. The highest BCUT2D eigenvalue weighted by molar-refractivity contribution is 7.89. The number of nitrogens with zero attached hydrogens (tertiary/aromatic N) is 3. The van der Waals surface area contributed by atoms with E-state index in [9.17, 15) is 21.6 Å². The number of benzene rings is 1. The van der Waals surface area contributed by atoms with Gasteiger partial charge in [0.15, 0.2) is 0 Å². The lowest BCUT2D eigenvalue weighted by Crippen LogP contribution is -2.49. The van der Waals surface area contributed by atoms with Crippen LogP contribution in [0.25, 0.3) is 0 Å². The van der Waals surface area contributed by atoms with Crippen molar-refractivity contribution < 1.29 is 31.1 Å². The van der Waals surface area contributed by atoms with Crippen LogP contribution in [0, 0.1) is 0 Å². The smallest absolute Gasteiger partial charge is 0.496 e. The SMILES string of the molecule is COc1cccc2c1CN(S(=O)(=O)C(F)(F)F)C[C@@H](COC1CCCC1)N2Cc1cnc[nH]1. The van der Waals surface area contributed by atoms with Crippen LogP contribution in [0.2, 0.25) is 0 Å². The summed E-state index contributed by atoms with van der Waals surface area (Å²) in [4.78, 5) is 8.92. The second kappa shape index (κ2) is 9.51. The predicted octanol–water partition coefficient (Wildman–Crippen LogP) is 3.42. The lowest BCUT2D eigenvalue weighted by Gasteiger charge is -2.34. The number of nitrogens with one attached hydrogen (secondary N) is 1. The van der Waals surface area contributed by atoms with Crippen LogP contribution >= 0.6 is 0 Å². The van der Waals surface area contributed by atoms with Crippen LogP contribution in [-0.4, -0.2) is 60.6 Å². The number of aromatic amines is 1. The predicted molar refractivity (Wildman–Crippen MR) is 115 cm³/mol. The molecular weight excluding hydrogens is 461 g/mol. The molecule has 1 aliphatic carbocycles. The molecule has 1 atom stereocenters. The molecule has 182 valence electrons. The van der Waals surface area contributed by atoms with Crippen LogP contribution in [0.4, 0.5) is 18.9 Å². The summed E-state index contributed by atoms with van der Waals surface area (Å²) in [6.45, 7) is -0.445. The summed E-state index contributed by atoms with van der Waals surface area (Å²) in [7, 11) is -4.17. The van der Waals surface area contributed by atoms with Crippen LogP contribution in [0.1, 0.15) is 36.9 Å². The van der Waals surface area contributed by atoms with Gasteiger partial charge in [-0.15, -0.1) is 0 Å². The molecular formula is C21H27F3N4O4S. The summed E-state index contributed by atoms with van der Waals surface area (Å²) in [6.07, 6.45) is 7.04. The molecule has 2 heterocycles. The molecule has 12 heteroatoms. The first-order valence-corrected chi connectivity index (χ1v) is 12.2. The molecule has 4 rings (SSSR count). The number of methoxy groups -OCH3 is 1. The molecule has 8 nitrogen and oxygen atoms in total. The van der Waals surface area contributed by atoms with Crippen LogP contribution in [0.3, 0.4) is 0 Å². The maximum atomic E-state index is 13.6. The summed E-state index contributed by atoms with van der Waals surface area (Å²) in [6, 6.07) is 4.46. The molecule has 0 amide bonds. The van der Waals surface area contributed by atoms with E-state index < -0.39 is 28.1 Å². The van der Waals surface area contributed by atoms with Gasteiger partial charge in [0.1, 0.15) is 5.75 Å². The third-order valence-electron chi connectivity index (χ3n) is 6.18. The maximum absolute atomic E-state index is 13.6. The minimum absolute atomic E-state index is 0.0275. The van der Waals surface area contributed by atoms with Crippen LogP contribution < -0.4 is 9.64 Å². The molecule has 1 N–H and O–H groups in total. The number of hydrogen-bond acceptors (Lipinski definition) is 6. The number of rotatable bonds is 7. The molecule has 0 spiro atoms. The molecule has 0 bridgehead atoms. The molecule has 1 fully saturated rings. The number of halogens is 3. The Hall–Kier alpha value is -2.31. The summed E-state index contributed by atoms with van der Waals surface area (Å²) in [5, 5.41) is 0. The van der Waals surface area contributed by atoms with Gasteiger partial charge in [0.05, 0.1) is 44.4 Å². The Morgan fingerprint density at radius 2 is 2.00 bits per heavy atom. The van der Waals surface area contributed by atoms with Gasteiger partial charge in [0.2, 0.25) is 0 Å². The molecule has 33 heavy (non-hydrogen) atoms. The summed E-state index contributed by atoms with van der Waals surface area (Å²) < 4.78 is 77.6. The second-order valence-corrected chi connectivity index (χ2v) is 10.2. The van der Waals surface area contributed by atoms with Gasteiger partial charge in [-0.05, 0) is 25.0 Å². The van der Waals surface area contributed by atoms with E-state index in [0.717, 1.165) is 31.4 Å². The molecule has 0 unspecified atom stereocenters. The minimum atomic E-state index is -5.57. The highest BCUT2D eigenvalue weighted by Crippen LogP contribution is 2.39. The fourth-order valence-corrected chi connectivity index (χ4v) is 5.45. The molecule has 0 radical (unpaired) electrons. The number of hydrogen-bond donors (Lipinski definition) is 1. The van der Waals surface area contributed by atoms with Crippen molar-refractivity contribution in [3.63, 3.8) is 0 Å². The molecule has 2 aromatic rings. The van der Waals surface area contributed by atoms with E-state index in [1.807, 2.05) is 4.90 Å². The van der Waals surface area contributed by atoms with E-state index in [2.05, 4.69) is 9.97 Å². The summed E-state index contributed by atoms with van der Waals surface area (Å²) >= 11 is 0. The number of aromatic nitrogens is 2. The van der Waals surface area contributed by atoms with Crippen molar-refractivity contribution in [2.75, 3.05) is 25.2 Å². The normalized spacial score (nSPS) is 20.6. The first-order chi connectivity index (χ1) is 15.7. The van der Waals surface area contributed by atoms with Gasteiger partial charge in [-0.25, -0.2) is 13.4 Å². The molecule has 1 aliphatic heterocycles. The highest BCUT2D eigenvalue weighted by Gasteiger charge is 2.51. The third-order valence-corrected chi connectivity index (χ3v) is 7.72. The zero-order chi connectivity index (χ0) is 23.6. The van der Waals surface area contributed by atoms with E-state index in [1.165, 1.54) is 13.4 Å². The Morgan fingerprint density at radius 1 is 1.24 bits per heavy atom. The fraction of sp³-hybridized carbons (Fsp3) is 0.571. The maximum Gasteiger partial charge on any atom is 0.511 e. The highest BCUT2D eigenvalue weighted by atomic mass is 32.2. The zero-order valence-electron chi connectivity index (χ0n) is 18.2. The van der Waals surface area contributed by atoms with E-state index in [0.29, 0.717) is 27.9 Å². The molecule has 2 aliphatic rings. The van der Waals surface area contributed by atoms with E-state index in [4.69, 9.17) is 9.47 Å². The molecule has 1 aromatic heterocycles. The average molecular weight is 489 g/mol. The summed E-state index contributed by atoms with van der Waals surface area (Å²) in [5.41, 5.74) is -3.70. The van der Waals surface area contributed by atoms with Crippen molar-refractivity contribution in [3.05, 3.63) is 42.0 Å². The second-order valence-electron chi connectivity index (χ2n) is 8.30. The van der Waals surface area contributed by atoms with E-state index in [-0.39, 0.29) is 19.3 Å². The van der Waals surface area contributed by atoms with Gasteiger partial charge >= 0.3 is 15.5 Å². The van der Waals surface area contributed by atoms with Crippen molar-refractivity contribution in [2.45, 2.75) is 56.4 Å². The van der Waals surface area contributed by atoms with Gasteiger partial charge in [0, 0.05) is 30.5 Å². The topological polar surface area (TPSA) is 87.8 Å². The molecule has 0 saturated heterocycles. The van der Waals surface area contributed by atoms with Crippen LogP contribution in [-0.2, 0) is 27.8 Å². The number of alkyl halides is 3. The van der Waals surface area contributed by atoms with Crippen molar-refractivity contribution >= 4 is 15.7 Å². The van der Waals surface area contributed by atoms with Crippen molar-refractivity contribution in [2.24, 2.45) is 0 Å². The number of H-pyrrole nitrogens is 1. The first kappa shape index (κ1) is 23.8. The Morgan fingerprint density at radius 3 is 2.64 bits per heavy atom. The van der Waals surface area contributed by atoms with E-state index >= 15 is 0 Å². The Balaban J connectivity index is 1.77. The average Bonchev–Trinajstić information content (AvgIpc) is 3.45. The Kier molecular flexibility index (Phi) is 6.87. The van der Waals surface area contributed by atoms with Gasteiger partial charge in [0.25, 0.3) is 0 Å². The van der Waals surface area contributed by atoms with Crippen molar-refractivity contribution in [3.8, 4) is 5.75 Å². The third kappa shape index (κ3) is 4.97. The Bertz CT molecular complexity index is 1040. The fourth-order valence-electron chi connectivity index (χ4n) is 4.49. The van der Waals surface area contributed by atoms with Crippen LogP contribution in [0.5, 0.6) is 5.75 Å². The van der Waals surface area contributed by atoms with Crippen LogP contribution in [0.15, 0.2) is 30.7 Å². The van der Waals surface area contributed by atoms with Gasteiger partial charge in [-0.3, -0.25) is 0 Å². The molecule has 1 saturated carbocycles. The summed E-state index contributed by atoms with van der Waals surface area (Å²) in [5.74, 6) is 0.321. The molecule has 1 aromatic carbocycles. The first-order valence-electron chi connectivity index (χ1n) is 10.8. The van der Waals surface area contributed by atoms with Gasteiger partial charge < -0.3 is 19.4 Å². The largest absolute Gasteiger partial charge is 0.511 e. The number of fused-ring (bicyclic) bond motifs is 1. The zero-order valence-corrected chi connectivity index (χ0v) is 19.0. The quantitative estimate of drug-likeness (QED) is 0.643. The number of imidazole rings is 1. The van der Waals surface area contributed by atoms with Gasteiger partial charge in [-0.2, -0.15) is 17.5 Å².